The van der Waals surface area contributed by atoms with Gasteiger partial charge in [0.2, 0.25) is 0 Å². The minimum Gasteiger partial charge on any atom is -0.385 e. The average Bonchev–Trinajstić information content (AvgIpc) is 2.27. The summed E-state index contributed by atoms with van der Waals surface area (Å²) in [5.41, 5.74) is 1.39. The fourth-order valence-electron chi connectivity index (χ4n) is 1.38. The molecule has 1 unspecified atom stereocenters. The summed E-state index contributed by atoms with van der Waals surface area (Å²) >= 11 is 0. The molecule has 1 N–H and O–H groups in total. The third kappa shape index (κ3) is 3.33. The van der Waals surface area contributed by atoms with Crippen molar-refractivity contribution in [1.82, 2.24) is 0 Å². The molecule has 0 radical (unpaired) electrons. The molecule has 1 aromatic carbocycles. The van der Waals surface area contributed by atoms with Gasteiger partial charge in [-0.05, 0) is 31.4 Å². The van der Waals surface area contributed by atoms with Crippen molar-refractivity contribution in [3.8, 4) is 0 Å². The fraction of sp³-hybridized carbons (Fsp3) is 0.538. The van der Waals surface area contributed by atoms with Gasteiger partial charge in [0.1, 0.15) is 0 Å². The first-order valence-electron chi connectivity index (χ1n) is 5.49. The lowest BCUT2D eigenvalue weighted by atomic mass is 9.93. The van der Waals surface area contributed by atoms with E-state index in [4.69, 9.17) is 4.74 Å². The van der Waals surface area contributed by atoms with Crippen LogP contribution >= 0.6 is 0 Å². The molecule has 0 aliphatic heterocycles. The molecule has 15 heavy (non-hydrogen) atoms. The Morgan fingerprint density at radius 2 is 1.80 bits per heavy atom. The lowest BCUT2D eigenvalue weighted by molar-refractivity contribution is 0.0530. The third-order valence-electron chi connectivity index (χ3n) is 2.74. The van der Waals surface area contributed by atoms with E-state index in [1.807, 2.05) is 45.0 Å². The van der Waals surface area contributed by atoms with Crippen molar-refractivity contribution < 1.29 is 9.84 Å². The van der Waals surface area contributed by atoms with E-state index in [0.29, 0.717) is 6.61 Å². The van der Waals surface area contributed by atoms with Gasteiger partial charge < -0.3 is 9.84 Å². The molecule has 0 amide bonds. The largest absolute Gasteiger partial charge is 0.385 e. The van der Waals surface area contributed by atoms with E-state index in [0.717, 1.165) is 24.2 Å². The molecular weight excluding hydrogens is 188 g/mol. The van der Waals surface area contributed by atoms with Crippen molar-refractivity contribution >= 4 is 0 Å². The van der Waals surface area contributed by atoms with Crippen LogP contribution < -0.4 is 0 Å². The summed E-state index contributed by atoms with van der Waals surface area (Å²) in [6, 6.07) is 7.96. The second-order valence-corrected chi connectivity index (χ2v) is 3.96. The van der Waals surface area contributed by atoms with E-state index in [9.17, 15) is 5.11 Å². The van der Waals surface area contributed by atoms with Crippen molar-refractivity contribution in [3.63, 3.8) is 0 Å². The van der Waals surface area contributed by atoms with Gasteiger partial charge in [-0.25, -0.2) is 0 Å². The van der Waals surface area contributed by atoms with Gasteiger partial charge in [0, 0.05) is 6.61 Å². The summed E-state index contributed by atoms with van der Waals surface area (Å²) in [5.74, 6) is 0. The maximum atomic E-state index is 10.0. The molecule has 1 atom stereocenters. The highest BCUT2D eigenvalue weighted by atomic mass is 16.5. The Bertz CT molecular complexity index is 288. The van der Waals surface area contributed by atoms with E-state index in [1.54, 1.807) is 0 Å². The molecule has 0 aliphatic carbocycles. The summed E-state index contributed by atoms with van der Waals surface area (Å²) in [6.45, 7) is 7.17. The van der Waals surface area contributed by atoms with E-state index in [-0.39, 0.29) is 0 Å². The number of ether oxygens (including phenoxy) is 1. The first-order chi connectivity index (χ1) is 7.10. The van der Waals surface area contributed by atoms with Gasteiger partial charge in [0.15, 0.2) is 0 Å². The third-order valence-corrected chi connectivity index (χ3v) is 2.74. The molecule has 1 rings (SSSR count). The zero-order chi connectivity index (χ0) is 11.3. The van der Waals surface area contributed by atoms with Gasteiger partial charge in [-0.1, -0.05) is 31.2 Å². The van der Waals surface area contributed by atoms with Crippen molar-refractivity contribution in [2.24, 2.45) is 0 Å². The van der Waals surface area contributed by atoms with Crippen molar-refractivity contribution in [3.05, 3.63) is 35.4 Å². The number of benzene rings is 1. The van der Waals surface area contributed by atoms with Crippen LogP contribution in [0.3, 0.4) is 0 Å². The number of rotatable bonds is 5. The first kappa shape index (κ1) is 12.2. The Hall–Kier alpha value is -0.860. The summed E-state index contributed by atoms with van der Waals surface area (Å²) in [5, 5.41) is 10.0. The Balaban J connectivity index is 2.72. The van der Waals surface area contributed by atoms with Gasteiger partial charge in [0.25, 0.3) is 0 Å². The molecule has 84 valence electrons. The molecule has 0 aromatic heterocycles. The predicted molar refractivity (Wildman–Crippen MR) is 61.6 cm³/mol. The predicted octanol–water partition coefficient (Wildman–Crippen LogP) is 2.84. The quantitative estimate of drug-likeness (QED) is 0.806. The van der Waals surface area contributed by atoms with E-state index in [1.165, 1.54) is 0 Å². The van der Waals surface area contributed by atoms with Gasteiger partial charge in [0.05, 0.1) is 12.2 Å². The van der Waals surface area contributed by atoms with Crippen LogP contribution in [0.15, 0.2) is 24.3 Å². The molecule has 0 fully saturated rings. The maximum absolute atomic E-state index is 10.0. The fourth-order valence-corrected chi connectivity index (χ4v) is 1.38. The van der Waals surface area contributed by atoms with Crippen molar-refractivity contribution in [2.45, 2.75) is 39.4 Å². The van der Waals surface area contributed by atoms with Crippen LogP contribution in [0.4, 0.5) is 0 Å². The maximum Gasteiger partial charge on any atom is 0.0865 e. The Morgan fingerprint density at radius 3 is 2.27 bits per heavy atom. The number of hydrogen-bond donors (Lipinski definition) is 1. The van der Waals surface area contributed by atoms with Crippen LogP contribution in [0.2, 0.25) is 0 Å². The second-order valence-electron chi connectivity index (χ2n) is 3.96. The average molecular weight is 208 g/mol. The molecule has 2 nitrogen and oxygen atoms in total. The summed E-state index contributed by atoms with van der Waals surface area (Å²) < 4.78 is 5.31. The van der Waals surface area contributed by atoms with Crippen molar-refractivity contribution in [1.29, 1.82) is 0 Å². The lowest BCUT2D eigenvalue weighted by Crippen LogP contribution is -2.19. The van der Waals surface area contributed by atoms with Crippen LogP contribution in [0, 0.1) is 0 Å². The highest BCUT2D eigenvalue weighted by molar-refractivity contribution is 5.26. The summed E-state index contributed by atoms with van der Waals surface area (Å²) in [6.07, 6.45) is 0.720. The molecule has 0 heterocycles. The highest BCUT2D eigenvalue weighted by Crippen LogP contribution is 2.24. The summed E-state index contributed by atoms with van der Waals surface area (Å²) in [7, 11) is 0. The van der Waals surface area contributed by atoms with E-state index >= 15 is 0 Å². The standard InChI is InChI=1S/C13H20O2/c1-4-13(3,14)12-8-6-11(7-9-12)10-15-5-2/h6-9,14H,4-5,10H2,1-3H3. The molecule has 0 spiro atoms. The van der Waals surface area contributed by atoms with Gasteiger partial charge in [-0.3, -0.25) is 0 Å². The molecule has 0 saturated heterocycles. The minimum atomic E-state index is -0.718. The Labute approximate surface area is 91.9 Å². The van der Waals surface area contributed by atoms with Crippen LogP contribution in [-0.2, 0) is 16.9 Å². The Morgan fingerprint density at radius 1 is 1.20 bits per heavy atom. The zero-order valence-electron chi connectivity index (χ0n) is 9.79. The Kier molecular flexibility index (Phi) is 4.30. The van der Waals surface area contributed by atoms with E-state index in [2.05, 4.69) is 0 Å². The first-order valence-corrected chi connectivity index (χ1v) is 5.49. The normalized spacial score (nSPS) is 14.9. The zero-order valence-corrected chi connectivity index (χ0v) is 9.79. The van der Waals surface area contributed by atoms with Gasteiger partial charge in [-0.15, -0.1) is 0 Å². The van der Waals surface area contributed by atoms with Crippen molar-refractivity contribution in [2.75, 3.05) is 6.61 Å². The van der Waals surface area contributed by atoms with Crippen LogP contribution in [-0.4, -0.2) is 11.7 Å². The molecule has 1 aromatic rings. The molecular formula is C13H20O2. The number of hydrogen-bond acceptors (Lipinski definition) is 2. The SMILES string of the molecule is CCOCc1ccc(C(C)(O)CC)cc1. The second kappa shape index (κ2) is 5.29. The molecule has 0 aliphatic rings. The topological polar surface area (TPSA) is 29.5 Å². The highest BCUT2D eigenvalue weighted by Gasteiger charge is 2.19. The molecule has 2 heteroatoms. The lowest BCUT2D eigenvalue weighted by Gasteiger charge is -2.21. The van der Waals surface area contributed by atoms with E-state index < -0.39 is 5.60 Å². The van der Waals surface area contributed by atoms with Crippen LogP contribution in [0.1, 0.15) is 38.3 Å². The van der Waals surface area contributed by atoms with Gasteiger partial charge in [-0.2, -0.15) is 0 Å². The molecule has 0 saturated carbocycles. The minimum absolute atomic E-state index is 0.644. The number of aliphatic hydroxyl groups is 1. The van der Waals surface area contributed by atoms with Crippen LogP contribution in [0.25, 0.3) is 0 Å². The van der Waals surface area contributed by atoms with Gasteiger partial charge >= 0.3 is 0 Å². The summed E-state index contributed by atoms with van der Waals surface area (Å²) in [4.78, 5) is 0. The molecule has 0 bridgehead atoms. The smallest absolute Gasteiger partial charge is 0.0865 e. The van der Waals surface area contributed by atoms with Crippen LogP contribution in [0.5, 0.6) is 0 Å². The monoisotopic (exact) mass is 208 g/mol.